The van der Waals surface area contributed by atoms with Gasteiger partial charge in [0.25, 0.3) is 0 Å². The molecule has 1 rings (SSSR count). The van der Waals surface area contributed by atoms with Crippen molar-refractivity contribution in [2.75, 3.05) is 0 Å². The minimum absolute atomic E-state index is 0.331. The molecule has 1 aromatic carbocycles. The van der Waals surface area contributed by atoms with E-state index in [4.69, 9.17) is 5.11 Å². The normalized spacial score (nSPS) is 8.50. The van der Waals surface area contributed by atoms with E-state index in [0.29, 0.717) is 5.56 Å². The van der Waals surface area contributed by atoms with E-state index in [0.717, 1.165) is 0 Å². The van der Waals surface area contributed by atoms with Crippen LogP contribution < -0.4 is 0 Å². The van der Waals surface area contributed by atoms with Gasteiger partial charge < -0.3 is 5.11 Å². The zero-order chi connectivity index (χ0) is 9.40. The third-order valence-electron chi connectivity index (χ3n) is 1.02. The molecule has 12 heavy (non-hydrogen) atoms. The van der Waals surface area contributed by atoms with Crippen LogP contribution in [0.3, 0.4) is 0 Å². The van der Waals surface area contributed by atoms with Crippen molar-refractivity contribution in [3.8, 4) is 0 Å². The number of aromatic carboxylic acids is 1. The molecule has 0 aliphatic carbocycles. The number of carbonyl (C=O) groups is 1. The first-order chi connectivity index (χ1) is 5.72. The maximum absolute atomic E-state index is 10.2. The molecule has 1 aromatic rings. The number of carboxylic acid groups (broad SMARTS) is 1. The first kappa shape index (κ1) is 11.8. The summed E-state index contributed by atoms with van der Waals surface area (Å²) in [6.45, 7) is 0. The summed E-state index contributed by atoms with van der Waals surface area (Å²) in [6.07, 6.45) is 0. The van der Waals surface area contributed by atoms with Crippen LogP contribution in [0, 0.1) is 35.8 Å². The van der Waals surface area contributed by atoms with Crippen molar-refractivity contribution < 1.29 is 48.3 Å². The molecule has 0 fully saturated rings. The Balaban J connectivity index is 0.000000354. The summed E-state index contributed by atoms with van der Waals surface area (Å²) in [5.41, 5.74) is 0.331. The molecular formula is C7H6DyF2O2. The summed E-state index contributed by atoms with van der Waals surface area (Å²) in [4.78, 5) is 10.2. The van der Waals surface area contributed by atoms with Gasteiger partial charge >= 0.3 is 44.4 Å². The molecule has 0 amide bonds. The predicted molar refractivity (Wildman–Crippen MR) is 35.6 cm³/mol. The van der Waals surface area contributed by atoms with E-state index in [9.17, 15) is 7.43 Å². The SMILES string of the molecule is O=C(O)c1ccccc1.[F][Dy][F]. The molecule has 0 unspecified atom stereocenters. The van der Waals surface area contributed by atoms with E-state index in [2.05, 4.69) is 0 Å². The zero-order valence-electron chi connectivity index (χ0n) is 5.81. The molecular weight excluding hydrogens is 317 g/mol. The average molecular weight is 323 g/mol. The van der Waals surface area contributed by atoms with Gasteiger partial charge in [-0.25, -0.2) is 4.79 Å². The number of rotatable bonds is 1. The number of benzene rings is 1. The van der Waals surface area contributed by atoms with Crippen LogP contribution in [0.5, 0.6) is 0 Å². The second-order valence-corrected chi connectivity index (χ2v) is 2.01. The molecule has 0 radical (unpaired) electrons. The van der Waals surface area contributed by atoms with Gasteiger partial charge in [-0.3, -0.25) is 0 Å². The van der Waals surface area contributed by atoms with E-state index in [1.54, 1.807) is 30.3 Å². The van der Waals surface area contributed by atoms with Crippen molar-refractivity contribution in [2.24, 2.45) is 0 Å². The Bertz CT molecular complexity index is 228. The standard InChI is InChI=1S/C7H6O2.Dy.2FH/c8-7(9)6-4-2-1-3-5-6;;;/h1-5H,(H,8,9);;2*1H/q;+2;;/p-2. The Kier molecular flexibility index (Phi) is 7.36. The number of hydrogen-bond acceptors (Lipinski definition) is 1. The van der Waals surface area contributed by atoms with Crippen molar-refractivity contribution in [1.29, 1.82) is 0 Å². The first-order valence-corrected chi connectivity index (χ1v) is 4.36. The van der Waals surface area contributed by atoms with Gasteiger partial charge in [0.05, 0.1) is 5.56 Å². The Labute approximate surface area is 89.6 Å². The quantitative estimate of drug-likeness (QED) is 0.861. The fraction of sp³-hybridized carbons (Fsp3) is 0. The molecule has 0 aromatic heterocycles. The summed E-state index contributed by atoms with van der Waals surface area (Å²) in [5, 5.41) is 8.38. The Morgan fingerprint density at radius 2 is 1.67 bits per heavy atom. The monoisotopic (exact) mass is 324 g/mol. The third-order valence-corrected chi connectivity index (χ3v) is 1.02. The van der Waals surface area contributed by atoms with Gasteiger partial charge in [0, 0.05) is 0 Å². The van der Waals surface area contributed by atoms with E-state index < -0.39 is 41.8 Å². The molecule has 5 heteroatoms. The van der Waals surface area contributed by atoms with E-state index in [-0.39, 0.29) is 0 Å². The Morgan fingerprint density at radius 1 is 1.25 bits per heavy atom. The second-order valence-electron chi connectivity index (χ2n) is 1.72. The van der Waals surface area contributed by atoms with Crippen LogP contribution in [0.15, 0.2) is 30.3 Å². The van der Waals surface area contributed by atoms with Gasteiger partial charge in [-0.1, -0.05) is 18.2 Å². The van der Waals surface area contributed by atoms with E-state index >= 15 is 0 Å². The van der Waals surface area contributed by atoms with Gasteiger partial charge in [0.15, 0.2) is 0 Å². The van der Waals surface area contributed by atoms with Crippen LogP contribution in [0.1, 0.15) is 10.4 Å². The molecule has 0 saturated carbocycles. The van der Waals surface area contributed by atoms with E-state index in [1.165, 1.54) is 0 Å². The molecule has 70 valence electrons. The molecule has 1 N–H and O–H groups in total. The zero-order valence-corrected chi connectivity index (χ0v) is 7.84. The van der Waals surface area contributed by atoms with Gasteiger partial charge in [0.2, 0.25) is 0 Å². The summed E-state index contributed by atoms with van der Waals surface area (Å²) < 4.78 is 19.5. The van der Waals surface area contributed by atoms with Crippen molar-refractivity contribution in [3.05, 3.63) is 35.9 Å². The van der Waals surface area contributed by atoms with Crippen LogP contribution in [0.25, 0.3) is 0 Å². The molecule has 0 aliphatic rings. The molecule has 0 bridgehead atoms. The first-order valence-electron chi connectivity index (χ1n) is 2.83. The summed E-state index contributed by atoms with van der Waals surface area (Å²) in [7, 11) is 0. The van der Waals surface area contributed by atoms with Crippen molar-refractivity contribution in [1.82, 2.24) is 0 Å². The topological polar surface area (TPSA) is 37.3 Å². The van der Waals surface area contributed by atoms with Crippen LogP contribution in [0.2, 0.25) is 0 Å². The van der Waals surface area contributed by atoms with Gasteiger partial charge in [-0.2, -0.15) is 0 Å². The van der Waals surface area contributed by atoms with Crippen molar-refractivity contribution >= 4 is 5.97 Å². The van der Waals surface area contributed by atoms with Crippen LogP contribution >= 0.6 is 0 Å². The fourth-order valence-electron chi connectivity index (χ4n) is 0.581. The van der Waals surface area contributed by atoms with Gasteiger partial charge in [-0.05, 0) is 12.1 Å². The predicted octanol–water partition coefficient (Wildman–Crippen LogP) is 2.23. The summed E-state index contributed by atoms with van der Waals surface area (Å²) in [6, 6.07) is 8.30. The molecule has 0 saturated heterocycles. The van der Waals surface area contributed by atoms with Crippen LogP contribution in [-0.4, -0.2) is 11.1 Å². The summed E-state index contributed by atoms with van der Waals surface area (Å²) in [5.74, 6) is -0.879. The molecule has 0 aliphatic heterocycles. The molecule has 0 spiro atoms. The van der Waals surface area contributed by atoms with Crippen molar-refractivity contribution in [3.63, 3.8) is 0 Å². The molecule has 0 atom stereocenters. The maximum atomic E-state index is 10.2. The van der Waals surface area contributed by atoms with Crippen molar-refractivity contribution in [2.45, 2.75) is 0 Å². The number of hydrogen-bond donors (Lipinski definition) is 1. The average Bonchev–Trinajstić information content (AvgIpc) is 2.07. The van der Waals surface area contributed by atoms with Gasteiger partial charge in [-0.15, -0.1) is 0 Å². The molecule has 0 heterocycles. The Hall–Kier alpha value is -0.177. The third kappa shape index (κ3) is 5.47. The Morgan fingerprint density at radius 3 is 1.92 bits per heavy atom. The van der Waals surface area contributed by atoms with E-state index in [1.807, 2.05) is 0 Å². The second kappa shape index (κ2) is 7.47. The molecule has 2 nitrogen and oxygen atoms in total. The minimum atomic E-state index is -2.42. The van der Waals surface area contributed by atoms with Crippen LogP contribution in [-0.2, 0) is 0 Å². The number of carboxylic acids is 1. The fourth-order valence-corrected chi connectivity index (χ4v) is 0.581. The van der Waals surface area contributed by atoms with Gasteiger partial charge in [0.1, 0.15) is 0 Å². The number of halogens is 2. The summed E-state index contributed by atoms with van der Waals surface area (Å²) >= 11 is -2.42. The van der Waals surface area contributed by atoms with Crippen LogP contribution in [0.4, 0.5) is 2.63 Å².